The van der Waals surface area contributed by atoms with E-state index < -0.39 is 0 Å². The number of rotatable bonds is 1. The Morgan fingerprint density at radius 3 is 1.62 bits per heavy atom. The van der Waals surface area contributed by atoms with Crippen LogP contribution in [-0.4, -0.2) is 23.4 Å². The van der Waals surface area contributed by atoms with Gasteiger partial charge >= 0.3 is 0 Å². The second kappa shape index (κ2) is 9.00. The number of fused-ring (bicyclic) bond motifs is 2. The van der Waals surface area contributed by atoms with Crippen molar-refractivity contribution >= 4 is 0 Å². The van der Waals surface area contributed by atoms with Gasteiger partial charge in [-0.05, 0) is 56.8 Å². The van der Waals surface area contributed by atoms with Crippen LogP contribution in [0.15, 0.2) is 0 Å². The molecule has 0 saturated heterocycles. The first kappa shape index (κ1) is 15.9. The Balaban J connectivity index is 0.000000321. The summed E-state index contributed by atoms with van der Waals surface area (Å²) in [6, 6.07) is 0. The second-order valence-electron chi connectivity index (χ2n) is 4.90. The Labute approximate surface area is 101 Å². The molecule has 0 amide bonds. The summed E-state index contributed by atoms with van der Waals surface area (Å²) in [7, 11) is 0. The van der Waals surface area contributed by atoms with Crippen LogP contribution in [0.4, 0.5) is 0 Å². The first-order chi connectivity index (χ1) is 7.65. The van der Waals surface area contributed by atoms with Crippen molar-refractivity contribution in [2.24, 2.45) is 23.7 Å². The standard InChI is InChI=1S/C10H18.2C2H6O/c1-3-10-7(2)8-4-5-9(10)6-8;2*1-2-3/h7-10H,3-6H2,1-2H3;2*3H,2H2,1H3. The Morgan fingerprint density at radius 2 is 1.38 bits per heavy atom. The normalized spacial score (nSPS) is 34.9. The maximum atomic E-state index is 7.57. The van der Waals surface area contributed by atoms with E-state index in [1.54, 1.807) is 33.1 Å². The molecule has 0 heterocycles. The maximum Gasteiger partial charge on any atom is 0.0402 e. The largest absolute Gasteiger partial charge is 0.397 e. The fourth-order valence-electron chi connectivity index (χ4n) is 3.40. The molecule has 2 aliphatic rings. The van der Waals surface area contributed by atoms with Crippen molar-refractivity contribution in [2.75, 3.05) is 13.2 Å². The van der Waals surface area contributed by atoms with E-state index in [0.29, 0.717) is 0 Å². The third-order valence-corrected chi connectivity index (χ3v) is 4.01. The summed E-state index contributed by atoms with van der Waals surface area (Å²) in [5.41, 5.74) is 0. The Bertz CT molecular complexity index is 155. The quantitative estimate of drug-likeness (QED) is 0.727. The number of aliphatic hydroxyl groups is 2. The van der Waals surface area contributed by atoms with E-state index in [0.717, 1.165) is 23.7 Å². The van der Waals surface area contributed by atoms with Gasteiger partial charge in [0.2, 0.25) is 0 Å². The van der Waals surface area contributed by atoms with Gasteiger partial charge in [0.15, 0.2) is 0 Å². The molecule has 2 rings (SSSR count). The van der Waals surface area contributed by atoms with Gasteiger partial charge in [-0.25, -0.2) is 0 Å². The molecule has 2 aliphatic carbocycles. The zero-order chi connectivity index (χ0) is 12.6. The molecular formula is C14H30O2. The minimum absolute atomic E-state index is 0.250. The number of aliphatic hydroxyl groups excluding tert-OH is 2. The van der Waals surface area contributed by atoms with Gasteiger partial charge in [-0.3, -0.25) is 0 Å². The van der Waals surface area contributed by atoms with Gasteiger partial charge in [-0.15, -0.1) is 0 Å². The average molecular weight is 230 g/mol. The third kappa shape index (κ3) is 4.42. The van der Waals surface area contributed by atoms with E-state index in [-0.39, 0.29) is 13.2 Å². The van der Waals surface area contributed by atoms with Crippen LogP contribution >= 0.6 is 0 Å². The van der Waals surface area contributed by atoms with E-state index in [2.05, 4.69) is 13.8 Å². The van der Waals surface area contributed by atoms with Crippen LogP contribution in [0, 0.1) is 23.7 Å². The zero-order valence-electron chi connectivity index (χ0n) is 11.4. The molecule has 0 aromatic carbocycles. The molecule has 2 saturated carbocycles. The fraction of sp³-hybridized carbons (Fsp3) is 1.00. The molecule has 0 spiro atoms. The fourth-order valence-corrected chi connectivity index (χ4v) is 3.40. The molecule has 2 bridgehead atoms. The van der Waals surface area contributed by atoms with Crippen molar-refractivity contribution in [3.63, 3.8) is 0 Å². The van der Waals surface area contributed by atoms with E-state index in [1.807, 2.05) is 0 Å². The molecule has 2 N–H and O–H groups in total. The monoisotopic (exact) mass is 230 g/mol. The lowest BCUT2D eigenvalue weighted by Crippen LogP contribution is -2.18. The smallest absolute Gasteiger partial charge is 0.0402 e. The van der Waals surface area contributed by atoms with Crippen LogP contribution in [-0.2, 0) is 0 Å². The second-order valence-corrected chi connectivity index (χ2v) is 4.90. The summed E-state index contributed by atoms with van der Waals surface area (Å²) in [5, 5.41) is 15.1. The molecule has 0 aliphatic heterocycles. The van der Waals surface area contributed by atoms with Crippen LogP contribution < -0.4 is 0 Å². The van der Waals surface area contributed by atoms with Gasteiger partial charge < -0.3 is 10.2 Å². The molecule has 4 atom stereocenters. The Hall–Kier alpha value is -0.0800. The lowest BCUT2D eigenvalue weighted by Gasteiger charge is -2.26. The summed E-state index contributed by atoms with van der Waals surface area (Å²) in [6.45, 7) is 8.69. The van der Waals surface area contributed by atoms with Crippen molar-refractivity contribution < 1.29 is 10.2 Å². The average Bonchev–Trinajstić information content (AvgIpc) is 2.80. The van der Waals surface area contributed by atoms with Gasteiger partial charge in [-0.2, -0.15) is 0 Å². The van der Waals surface area contributed by atoms with Gasteiger partial charge in [0.1, 0.15) is 0 Å². The highest BCUT2D eigenvalue weighted by atomic mass is 16.3. The molecule has 0 aromatic rings. The summed E-state index contributed by atoms with van der Waals surface area (Å²) in [6.07, 6.45) is 6.10. The van der Waals surface area contributed by atoms with Crippen LogP contribution in [0.2, 0.25) is 0 Å². The predicted molar refractivity (Wildman–Crippen MR) is 69.3 cm³/mol. The predicted octanol–water partition coefficient (Wildman–Crippen LogP) is 3.08. The molecular weight excluding hydrogens is 200 g/mol. The highest BCUT2D eigenvalue weighted by Crippen LogP contribution is 2.52. The van der Waals surface area contributed by atoms with Crippen molar-refractivity contribution in [2.45, 2.75) is 53.4 Å². The minimum Gasteiger partial charge on any atom is -0.397 e. The van der Waals surface area contributed by atoms with Crippen molar-refractivity contribution in [1.29, 1.82) is 0 Å². The van der Waals surface area contributed by atoms with Gasteiger partial charge in [0.05, 0.1) is 0 Å². The number of hydrogen-bond donors (Lipinski definition) is 2. The van der Waals surface area contributed by atoms with Gasteiger partial charge in [-0.1, -0.05) is 20.3 Å². The van der Waals surface area contributed by atoms with Crippen molar-refractivity contribution in [3.05, 3.63) is 0 Å². The van der Waals surface area contributed by atoms with Crippen molar-refractivity contribution in [1.82, 2.24) is 0 Å². The Morgan fingerprint density at radius 1 is 0.938 bits per heavy atom. The zero-order valence-corrected chi connectivity index (χ0v) is 11.4. The summed E-state index contributed by atoms with van der Waals surface area (Å²) in [4.78, 5) is 0. The van der Waals surface area contributed by atoms with Gasteiger partial charge in [0.25, 0.3) is 0 Å². The molecule has 0 aromatic heterocycles. The highest BCUT2D eigenvalue weighted by molar-refractivity contribution is 4.93. The lowest BCUT2D eigenvalue weighted by molar-refractivity contribution is 0.233. The van der Waals surface area contributed by atoms with Crippen molar-refractivity contribution in [3.8, 4) is 0 Å². The summed E-state index contributed by atoms with van der Waals surface area (Å²) < 4.78 is 0. The Kier molecular flexibility index (Phi) is 8.96. The molecule has 2 heteroatoms. The third-order valence-electron chi connectivity index (χ3n) is 4.01. The SMILES string of the molecule is CCC1C2CCC(C2)C1C.CCO.CCO. The molecule has 98 valence electrons. The van der Waals surface area contributed by atoms with E-state index in [1.165, 1.54) is 6.42 Å². The lowest BCUT2D eigenvalue weighted by atomic mass is 9.79. The van der Waals surface area contributed by atoms with Crippen LogP contribution in [0.3, 0.4) is 0 Å². The first-order valence-electron chi connectivity index (χ1n) is 6.87. The van der Waals surface area contributed by atoms with E-state index in [9.17, 15) is 0 Å². The minimum atomic E-state index is 0.250. The summed E-state index contributed by atoms with van der Waals surface area (Å²) in [5.74, 6) is 4.41. The van der Waals surface area contributed by atoms with E-state index >= 15 is 0 Å². The summed E-state index contributed by atoms with van der Waals surface area (Å²) >= 11 is 0. The molecule has 16 heavy (non-hydrogen) atoms. The molecule has 0 radical (unpaired) electrons. The maximum absolute atomic E-state index is 7.57. The first-order valence-corrected chi connectivity index (χ1v) is 6.87. The highest BCUT2D eigenvalue weighted by Gasteiger charge is 2.43. The topological polar surface area (TPSA) is 40.5 Å². The number of hydrogen-bond acceptors (Lipinski definition) is 2. The van der Waals surface area contributed by atoms with Crippen LogP contribution in [0.5, 0.6) is 0 Å². The van der Waals surface area contributed by atoms with Crippen LogP contribution in [0.25, 0.3) is 0 Å². The molecule has 2 nitrogen and oxygen atoms in total. The van der Waals surface area contributed by atoms with Gasteiger partial charge in [0, 0.05) is 13.2 Å². The molecule has 2 fully saturated rings. The van der Waals surface area contributed by atoms with E-state index in [4.69, 9.17) is 10.2 Å². The van der Waals surface area contributed by atoms with Crippen LogP contribution in [0.1, 0.15) is 53.4 Å². The molecule has 4 unspecified atom stereocenters.